The molecule has 2 aliphatic rings. The Morgan fingerprint density at radius 1 is 1.03 bits per heavy atom. The number of nitrogens with zero attached hydrogens (tertiary/aromatic N) is 1. The second-order valence-electron chi connectivity index (χ2n) is 9.60. The van der Waals surface area contributed by atoms with Crippen LogP contribution in [0.1, 0.15) is 49.3 Å². The Balaban J connectivity index is 1.42. The molecule has 2 aromatic rings. The molecule has 1 aliphatic heterocycles. The maximum absolute atomic E-state index is 13.4. The van der Waals surface area contributed by atoms with Crippen LogP contribution in [-0.2, 0) is 17.5 Å². The van der Waals surface area contributed by atoms with Crippen LogP contribution in [0.3, 0.4) is 0 Å². The van der Waals surface area contributed by atoms with Crippen molar-refractivity contribution in [3.8, 4) is 0 Å². The van der Waals surface area contributed by atoms with E-state index >= 15 is 0 Å². The molecule has 0 spiro atoms. The highest BCUT2D eigenvalue weighted by Gasteiger charge is 2.44. The summed E-state index contributed by atoms with van der Waals surface area (Å²) in [5, 5.41) is 3.30. The van der Waals surface area contributed by atoms with Crippen molar-refractivity contribution < 1.29 is 18.0 Å². The summed E-state index contributed by atoms with van der Waals surface area (Å²) >= 11 is 0. The van der Waals surface area contributed by atoms with Crippen molar-refractivity contribution in [2.75, 3.05) is 13.1 Å². The van der Waals surface area contributed by atoms with Crippen molar-refractivity contribution in [2.45, 2.75) is 51.4 Å². The molecule has 0 radical (unpaired) electrons. The van der Waals surface area contributed by atoms with Gasteiger partial charge < -0.3 is 5.32 Å². The first-order chi connectivity index (χ1) is 15.2. The molecule has 2 aromatic carbocycles. The van der Waals surface area contributed by atoms with E-state index in [-0.39, 0.29) is 23.8 Å². The number of rotatable bonds is 6. The van der Waals surface area contributed by atoms with Gasteiger partial charge in [0.25, 0.3) is 0 Å². The first-order valence-corrected chi connectivity index (χ1v) is 11.5. The van der Waals surface area contributed by atoms with Gasteiger partial charge in [-0.05, 0) is 47.8 Å². The topological polar surface area (TPSA) is 32.3 Å². The third-order valence-electron chi connectivity index (χ3n) is 7.08. The predicted molar refractivity (Wildman–Crippen MR) is 119 cm³/mol. The van der Waals surface area contributed by atoms with Crippen LogP contribution >= 0.6 is 0 Å². The molecule has 1 amide bonds. The first-order valence-electron chi connectivity index (χ1n) is 11.5. The molecule has 4 rings (SSSR count). The number of hydrogen-bond acceptors (Lipinski definition) is 2. The van der Waals surface area contributed by atoms with Crippen molar-refractivity contribution in [2.24, 2.45) is 17.8 Å². The second-order valence-corrected chi connectivity index (χ2v) is 9.60. The average molecular weight is 445 g/mol. The fourth-order valence-electron chi connectivity index (χ4n) is 5.61. The third-order valence-corrected chi connectivity index (χ3v) is 7.08. The quantitative estimate of drug-likeness (QED) is 0.641. The van der Waals surface area contributed by atoms with Gasteiger partial charge in [-0.25, -0.2) is 0 Å². The SMILES string of the molecule is CC(C)C(C(=O)NC1CCC2CN(Cc3ccccc3C(F)(F)F)CC21)c1ccccc1. The van der Waals surface area contributed by atoms with Gasteiger partial charge in [0.1, 0.15) is 0 Å². The molecule has 0 aromatic heterocycles. The molecule has 3 nitrogen and oxygen atoms in total. The lowest BCUT2D eigenvalue weighted by molar-refractivity contribution is -0.138. The first kappa shape index (κ1) is 22.8. The van der Waals surface area contributed by atoms with E-state index in [2.05, 4.69) is 24.1 Å². The molecular weight excluding hydrogens is 413 g/mol. The van der Waals surface area contributed by atoms with E-state index in [1.807, 2.05) is 30.3 Å². The Kier molecular flexibility index (Phi) is 6.61. The van der Waals surface area contributed by atoms with E-state index in [0.717, 1.165) is 37.6 Å². The van der Waals surface area contributed by atoms with Crippen molar-refractivity contribution in [1.29, 1.82) is 0 Å². The van der Waals surface area contributed by atoms with E-state index in [9.17, 15) is 18.0 Å². The number of nitrogens with one attached hydrogen (secondary N) is 1. The fourth-order valence-corrected chi connectivity index (χ4v) is 5.61. The summed E-state index contributed by atoms with van der Waals surface area (Å²) in [6.07, 6.45) is -2.40. The zero-order chi connectivity index (χ0) is 22.9. The average Bonchev–Trinajstić information content (AvgIpc) is 3.29. The molecule has 1 heterocycles. The highest BCUT2D eigenvalue weighted by molar-refractivity contribution is 5.84. The molecule has 2 fully saturated rings. The number of benzene rings is 2. The van der Waals surface area contributed by atoms with Crippen molar-refractivity contribution in [1.82, 2.24) is 10.2 Å². The number of alkyl halides is 3. The Morgan fingerprint density at radius 2 is 1.72 bits per heavy atom. The summed E-state index contributed by atoms with van der Waals surface area (Å²) in [5.74, 6) is 0.742. The normalized spacial score (nSPS) is 24.5. The van der Waals surface area contributed by atoms with Gasteiger partial charge in [-0.3, -0.25) is 9.69 Å². The number of amides is 1. The zero-order valence-electron chi connectivity index (χ0n) is 18.6. The maximum Gasteiger partial charge on any atom is 0.416 e. The summed E-state index contributed by atoms with van der Waals surface area (Å²) in [5.41, 5.74) is 0.792. The van der Waals surface area contributed by atoms with Gasteiger partial charge in [0.15, 0.2) is 0 Å². The summed E-state index contributed by atoms with van der Waals surface area (Å²) in [6, 6.07) is 15.8. The Morgan fingerprint density at radius 3 is 2.41 bits per heavy atom. The highest BCUT2D eigenvalue weighted by Crippen LogP contribution is 2.40. The number of halogens is 3. The molecule has 4 unspecified atom stereocenters. The second kappa shape index (κ2) is 9.26. The van der Waals surface area contributed by atoms with Crippen LogP contribution in [0.2, 0.25) is 0 Å². The van der Waals surface area contributed by atoms with Crippen LogP contribution in [0, 0.1) is 17.8 Å². The highest BCUT2D eigenvalue weighted by atomic mass is 19.4. The molecule has 1 saturated heterocycles. The molecule has 0 bridgehead atoms. The van der Waals surface area contributed by atoms with Crippen LogP contribution in [-0.4, -0.2) is 29.9 Å². The number of carbonyl (C=O) groups is 1. The summed E-state index contributed by atoms with van der Waals surface area (Å²) in [4.78, 5) is 15.3. The lowest BCUT2D eigenvalue weighted by Gasteiger charge is -2.26. The Hall–Kier alpha value is -2.34. The lowest BCUT2D eigenvalue weighted by Crippen LogP contribution is -2.43. The van der Waals surface area contributed by atoms with Gasteiger partial charge >= 0.3 is 6.18 Å². The van der Waals surface area contributed by atoms with Crippen molar-refractivity contribution >= 4 is 5.91 Å². The van der Waals surface area contributed by atoms with Gasteiger partial charge in [0.2, 0.25) is 5.91 Å². The molecular formula is C26H31F3N2O. The molecule has 1 aliphatic carbocycles. The van der Waals surface area contributed by atoms with Gasteiger partial charge in [-0.15, -0.1) is 0 Å². The van der Waals surface area contributed by atoms with E-state index in [1.165, 1.54) is 6.07 Å². The summed E-state index contributed by atoms with van der Waals surface area (Å²) in [6.45, 7) is 5.92. The van der Waals surface area contributed by atoms with Gasteiger partial charge in [0.05, 0.1) is 11.5 Å². The number of fused-ring (bicyclic) bond motifs is 1. The smallest absolute Gasteiger partial charge is 0.352 e. The van der Waals surface area contributed by atoms with Gasteiger partial charge in [-0.2, -0.15) is 13.2 Å². The summed E-state index contributed by atoms with van der Waals surface area (Å²) < 4.78 is 40.1. The van der Waals surface area contributed by atoms with Crippen LogP contribution in [0.5, 0.6) is 0 Å². The molecule has 1 N–H and O–H groups in total. The monoisotopic (exact) mass is 444 g/mol. The van der Waals surface area contributed by atoms with Crippen LogP contribution in [0.25, 0.3) is 0 Å². The minimum atomic E-state index is -4.34. The largest absolute Gasteiger partial charge is 0.416 e. The van der Waals surface area contributed by atoms with E-state index in [0.29, 0.717) is 23.9 Å². The van der Waals surface area contributed by atoms with Crippen molar-refractivity contribution in [3.63, 3.8) is 0 Å². The van der Waals surface area contributed by atoms with Crippen molar-refractivity contribution in [3.05, 3.63) is 71.3 Å². The molecule has 1 saturated carbocycles. The van der Waals surface area contributed by atoms with E-state index < -0.39 is 11.7 Å². The zero-order valence-corrected chi connectivity index (χ0v) is 18.6. The Bertz CT molecular complexity index is 928. The van der Waals surface area contributed by atoms with Crippen LogP contribution in [0.4, 0.5) is 13.2 Å². The van der Waals surface area contributed by atoms with Gasteiger partial charge in [0, 0.05) is 25.7 Å². The molecule has 172 valence electrons. The fraction of sp³-hybridized carbons (Fsp3) is 0.500. The lowest BCUT2D eigenvalue weighted by atomic mass is 9.87. The predicted octanol–water partition coefficient (Wildman–Crippen LogP) is 5.47. The van der Waals surface area contributed by atoms with E-state index in [4.69, 9.17) is 0 Å². The Labute approximate surface area is 188 Å². The maximum atomic E-state index is 13.4. The third kappa shape index (κ3) is 4.85. The minimum Gasteiger partial charge on any atom is -0.352 e. The summed E-state index contributed by atoms with van der Waals surface area (Å²) in [7, 11) is 0. The van der Waals surface area contributed by atoms with E-state index in [1.54, 1.807) is 12.1 Å². The van der Waals surface area contributed by atoms with Crippen LogP contribution < -0.4 is 5.32 Å². The van der Waals surface area contributed by atoms with Crippen LogP contribution in [0.15, 0.2) is 54.6 Å². The number of carbonyl (C=O) groups excluding carboxylic acids is 1. The minimum absolute atomic E-state index is 0.0534. The number of likely N-dealkylation sites (tertiary alicyclic amines) is 1. The standard InChI is InChI=1S/C26H31F3N2O/c1-17(2)24(18-8-4-3-5-9-18)25(32)30-23-13-12-19-14-31(16-21(19)23)15-20-10-6-7-11-22(20)26(27,28)29/h3-11,17,19,21,23-24H,12-16H2,1-2H3,(H,30,32). The molecule has 32 heavy (non-hydrogen) atoms. The van der Waals surface area contributed by atoms with Gasteiger partial charge in [-0.1, -0.05) is 62.4 Å². The molecule has 6 heteroatoms. The number of hydrogen-bond donors (Lipinski definition) is 1. The molecule has 4 atom stereocenters.